The Morgan fingerprint density at radius 1 is 1.18 bits per heavy atom. The van der Waals surface area contributed by atoms with Crippen LogP contribution in [0.2, 0.25) is 5.02 Å². The van der Waals surface area contributed by atoms with E-state index < -0.39 is 42.6 Å². The van der Waals surface area contributed by atoms with Crippen LogP contribution in [0.5, 0.6) is 0 Å². The number of alkyl halides is 4. The first-order chi connectivity index (χ1) is 18.5. The number of carbonyl (C=O) groups excluding carboxylic acids is 1. The summed E-state index contributed by atoms with van der Waals surface area (Å²) >= 11 is 5.90. The molecule has 1 fully saturated rings. The third kappa shape index (κ3) is 5.68. The third-order valence-corrected chi connectivity index (χ3v) is 6.12. The van der Waals surface area contributed by atoms with Crippen molar-refractivity contribution in [2.75, 3.05) is 0 Å². The Kier molecular flexibility index (Phi) is 6.94. The number of rotatable bonds is 8. The zero-order valence-corrected chi connectivity index (χ0v) is 20.5. The van der Waals surface area contributed by atoms with Gasteiger partial charge in [-0.05, 0) is 36.4 Å². The smallest absolute Gasteiger partial charge is 0.382 e. The van der Waals surface area contributed by atoms with Crippen molar-refractivity contribution in [3.63, 3.8) is 0 Å². The summed E-state index contributed by atoms with van der Waals surface area (Å²) in [4.78, 5) is 33.8. The average molecular weight is 567 g/mol. The molecular weight excluding hydrogens is 548 g/mol. The molecule has 3 heterocycles. The quantitative estimate of drug-likeness (QED) is 0.312. The SMILES string of the molecule is O=C(NC1CC1F)c1ncccc1-n1cnc(Cn2nc(-c3ccc(Cl)cc3)n(C[C@@H](O)C(F)(F)F)c2=O)n1. The first-order valence-corrected chi connectivity index (χ1v) is 11.9. The van der Waals surface area contributed by atoms with Crippen LogP contribution in [0.15, 0.2) is 53.7 Å². The molecule has 5 rings (SSSR count). The molecule has 3 aromatic heterocycles. The first kappa shape index (κ1) is 26.5. The van der Waals surface area contributed by atoms with Gasteiger partial charge in [-0.25, -0.2) is 28.5 Å². The van der Waals surface area contributed by atoms with Crippen molar-refractivity contribution in [1.29, 1.82) is 0 Å². The van der Waals surface area contributed by atoms with E-state index >= 15 is 0 Å². The number of amides is 1. The predicted octanol–water partition coefficient (Wildman–Crippen LogP) is 2.15. The molecule has 1 aliphatic rings. The molecule has 0 bridgehead atoms. The Balaban J connectivity index is 1.44. The number of benzene rings is 1. The maximum absolute atomic E-state index is 13.2. The molecule has 2 unspecified atom stereocenters. The highest BCUT2D eigenvalue weighted by Crippen LogP contribution is 2.26. The predicted molar refractivity (Wildman–Crippen MR) is 128 cm³/mol. The van der Waals surface area contributed by atoms with Gasteiger partial charge in [-0.15, -0.1) is 10.2 Å². The van der Waals surface area contributed by atoms with Crippen molar-refractivity contribution in [2.24, 2.45) is 0 Å². The summed E-state index contributed by atoms with van der Waals surface area (Å²) in [5.41, 5.74) is -0.440. The summed E-state index contributed by atoms with van der Waals surface area (Å²) in [6.07, 6.45) is -6.01. The normalized spacial score (nSPS) is 17.7. The number of aliphatic hydroxyl groups excluding tert-OH is 1. The summed E-state index contributed by atoms with van der Waals surface area (Å²) in [5.74, 6) is -0.683. The van der Waals surface area contributed by atoms with E-state index in [4.69, 9.17) is 11.6 Å². The molecule has 204 valence electrons. The number of pyridine rings is 1. The fourth-order valence-corrected chi connectivity index (χ4v) is 3.85. The number of nitrogens with one attached hydrogen (secondary N) is 1. The Morgan fingerprint density at radius 2 is 1.90 bits per heavy atom. The summed E-state index contributed by atoms with van der Waals surface area (Å²) in [7, 11) is 0. The van der Waals surface area contributed by atoms with E-state index in [-0.39, 0.29) is 36.0 Å². The average Bonchev–Trinajstić information content (AvgIpc) is 3.26. The molecule has 0 radical (unpaired) electrons. The van der Waals surface area contributed by atoms with Crippen LogP contribution < -0.4 is 11.0 Å². The zero-order valence-electron chi connectivity index (χ0n) is 19.8. The van der Waals surface area contributed by atoms with Crippen LogP contribution in [0.3, 0.4) is 0 Å². The highest BCUT2D eigenvalue weighted by Gasteiger charge is 2.40. The second-order valence-corrected chi connectivity index (χ2v) is 9.18. The lowest BCUT2D eigenvalue weighted by Gasteiger charge is -2.15. The molecule has 0 aliphatic heterocycles. The van der Waals surface area contributed by atoms with E-state index in [2.05, 4.69) is 25.5 Å². The van der Waals surface area contributed by atoms with E-state index in [9.17, 15) is 32.3 Å². The molecule has 0 spiro atoms. The van der Waals surface area contributed by atoms with Crippen molar-refractivity contribution in [3.05, 3.63) is 75.9 Å². The highest BCUT2D eigenvalue weighted by molar-refractivity contribution is 6.30. The van der Waals surface area contributed by atoms with Crippen molar-refractivity contribution in [1.82, 2.24) is 39.4 Å². The Labute approximate surface area is 221 Å². The summed E-state index contributed by atoms with van der Waals surface area (Å²) in [5, 5.41) is 20.9. The van der Waals surface area contributed by atoms with Gasteiger partial charge in [0.15, 0.2) is 23.4 Å². The molecule has 0 saturated heterocycles. The fraction of sp³-hybridized carbons (Fsp3) is 0.304. The lowest BCUT2D eigenvalue weighted by atomic mass is 10.2. The zero-order chi connectivity index (χ0) is 27.9. The molecular formula is C23H19ClF4N8O3. The number of nitrogens with zero attached hydrogens (tertiary/aromatic N) is 7. The second-order valence-electron chi connectivity index (χ2n) is 8.75. The maximum Gasteiger partial charge on any atom is 0.416 e. The fourth-order valence-electron chi connectivity index (χ4n) is 3.72. The van der Waals surface area contributed by atoms with Crippen LogP contribution in [-0.4, -0.2) is 69.6 Å². The minimum Gasteiger partial charge on any atom is -0.382 e. The van der Waals surface area contributed by atoms with Crippen molar-refractivity contribution < 1.29 is 27.5 Å². The Bertz CT molecular complexity index is 1570. The number of hydrogen-bond donors (Lipinski definition) is 2. The van der Waals surface area contributed by atoms with Gasteiger partial charge in [-0.1, -0.05) is 11.6 Å². The summed E-state index contributed by atoms with van der Waals surface area (Å²) < 4.78 is 55.2. The largest absolute Gasteiger partial charge is 0.416 e. The van der Waals surface area contributed by atoms with Gasteiger partial charge in [0.05, 0.1) is 18.3 Å². The lowest BCUT2D eigenvalue weighted by molar-refractivity contribution is -0.207. The molecule has 11 nitrogen and oxygen atoms in total. The van der Waals surface area contributed by atoms with E-state index in [0.29, 0.717) is 15.2 Å². The molecule has 2 N–H and O–H groups in total. The summed E-state index contributed by atoms with van der Waals surface area (Å²) in [6.45, 7) is -1.42. The number of carbonyl (C=O) groups is 1. The summed E-state index contributed by atoms with van der Waals surface area (Å²) in [6, 6.07) is 8.42. The minimum atomic E-state index is -4.96. The van der Waals surface area contributed by atoms with Gasteiger partial charge in [-0.2, -0.15) is 13.2 Å². The van der Waals surface area contributed by atoms with Crippen molar-refractivity contribution >= 4 is 17.5 Å². The number of aromatic nitrogens is 7. The van der Waals surface area contributed by atoms with Gasteiger partial charge in [-0.3, -0.25) is 9.36 Å². The van der Waals surface area contributed by atoms with E-state index in [0.717, 1.165) is 4.68 Å². The number of aliphatic hydroxyl groups is 1. The van der Waals surface area contributed by atoms with Crippen LogP contribution in [0.4, 0.5) is 17.6 Å². The van der Waals surface area contributed by atoms with E-state index in [1.165, 1.54) is 47.5 Å². The van der Waals surface area contributed by atoms with Crippen molar-refractivity contribution in [3.8, 4) is 17.1 Å². The molecule has 1 aromatic carbocycles. The molecule has 1 aliphatic carbocycles. The highest BCUT2D eigenvalue weighted by atomic mass is 35.5. The van der Waals surface area contributed by atoms with Crippen LogP contribution in [0.1, 0.15) is 22.7 Å². The van der Waals surface area contributed by atoms with E-state index in [1.54, 1.807) is 6.07 Å². The second kappa shape index (κ2) is 10.2. The number of halogens is 5. The lowest BCUT2D eigenvalue weighted by Crippen LogP contribution is -2.37. The topological polar surface area (TPSA) is 133 Å². The molecule has 3 atom stereocenters. The molecule has 1 amide bonds. The van der Waals surface area contributed by atoms with Gasteiger partial charge >= 0.3 is 11.9 Å². The van der Waals surface area contributed by atoms with Crippen LogP contribution in [0.25, 0.3) is 17.1 Å². The molecule has 16 heteroatoms. The first-order valence-electron chi connectivity index (χ1n) is 11.5. The molecule has 4 aromatic rings. The minimum absolute atomic E-state index is 0.0272. The molecule has 39 heavy (non-hydrogen) atoms. The van der Waals surface area contributed by atoms with Gasteiger partial charge in [0.1, 0.15) is 19.0 Å². The standard InChI is InChI=1S/C23H19ClF4N8O3/c24-13-5-3-12(4-6-13)20-33-35(22(39)34(20)9-17(37)23(26,27)28)10-18-30-11-36(32-18)16-2-1-7-29-19(16)21(38)31-15-8-14(15)25/h1-7,11,14-15,17,37H,8-10H2,(H,31,38)/t14?,15?,17-/m1/s1. The van der Waals surface area contributed by atoms with Gasteiger partial charge < -0.3 is 10.4 Å². The number of hydrogen-bond acceptors (Lipinski definition) is 7. The Morgan fingerprint density at radius 3 is 2.56 bits per heavy atom. The van der Waals surface area contributed by atoms with Crippen LogP contribution in [-0.2, 0) is 13.1 Å². The molecule has 1 saturated carbocycles. The van der Waals surface area contributed by atoms with Gasteiger partial charge in [0.25, 0.3) is 5.91 Å². The van der Waals surface area contributed by atoms with Crippen molar-refractivity contribution in [2.45, 2.75) is 44.0 Å². The van der Waals surface area contributed by atoms with Gasteiger partial charge in [0, 0.05) is 23.2 Å². The van der Waals surface area contributed by atoms with Crippen LogP contribution in [0, 0.1) is 0 Å². The third-order valence-electron chi connectivity index (χ3n) is 5.87. The van der Waals surface area contributed by atoms with Gasteiger partial charge in [0.2, 0.25) is 0 Å². The Hall–Kier alpha value is -4.11. The van der Waals surface area contributed by atoms with E-state index in [1.807, 2.05) is 0 Å². The van der Waals surface area contributed by atoms with Crippen LogP contribution >= 0.6 is 11.6 Å². The monoisotopic (exact) mass is 566 g/mol. The maximum atomic E-state index is 13.2.